The minimum absolute atomic E-state index is 0.0145. The van der Waals surface area contributed by atoms with E-state index in [4.69, 9.17) is 4.42 Å². The molecule has 0 amide bonds. The average Bonchev–Trinajstić information content (AvgIpc) is 2.91. The Bertz CT molecular complexity index is 766. The van der Waals surface area contributed by atoms with E-state index in [-0.39, 0.29) is 10.9 Å². The van der Waals surface area contributed by atoms with Gasteiger partial charge in [0.05, 0.1) is 29.3 Å². The summed E-state index contributed by atoms with van der Waals surface area (Å²) in [6, 6.07) is 6.98. The first-order chi connectivity index (χ1) is 9.15. The van der Waals surface area contributed by atoms with Crippen molar-refractivity contribution in [3.05, 3.63) is 54.2 Å². The molecule has 1 N–H and O–H groups in total. The van der Waals surface area contributed by atoms with Crippen LogP contribution < -0.4 is 0 Å². The van der Waals surface area contributed by atoms with Crippen LogP contribution in [0.25, 0.3) is 22.2 Å². The minimum atomic E-state index is -1.12. The summed E-state index contributed by atoms with van der Waals surface area (Å²) in [7, 11) is 0. The van der Waals surface area contributed by atoms with Gasteiger partial charge in [0.15, 0.2) is 0 Å². The van der Waals surface area contributed by atoms with E-state index in [1.165, 1.54) is 36.8 Å². The maximum Gasteiger partial charge on any atom is 0.336 e. The van der Waals surface area contributed by atoms with Crippen LogP contribution in [-0.2, 0) is 0 Å². The lowest BCUT2D eigenvalue weighted by Crippen LogP contribution is -2.00. The molecule has 3 rings (SSSR count). The smallest absolute Gasteiger partial charge is 0.336 e. The Hall–Kier alpha value is -2.69. The average molecular weight is 257 g/mol. The van der Waals surface area contributed by atoms with Crippen LogP contribution in [0.3, 0.4) is 0 Å². The number of halogens is 1. The van der Waals surface area contributed by atoms with Crippen molar-refractivity contribution in [3.63, 3.8) is 0 Å². The Morgan fingerprint density at radius 3 is 2.79 bits per heavy atom. The van der Waals surface area contributed by atoms with E-state index in [0.717, 1.165) is 0 Å². The fourth-order valence-electron chi connectivity index (χ4n) is 1.93. The van der Waals surface area contributed by atoms with Gasteiger partial charge in [0.1, 0.15) is 5.82 Å². The van der Waals surface area contributed by atoms with Gasteiger partial charge in [0.2, 0.25) is 0 Å². The normalized spacial score (nSPS) is 10.8. The molecule has 0 aliphatic rings. The zero-order valence-electron chi connectivity index (χ0n) is 9.63. The van der Waals surface area contributed by atoms with Crippen molar-refractivity contribution in [1.29, 1.82) is 0 Å². The number of carboxylic acids is 1. The largest absolute Gasteiger partial charge is 0.478 e. The van der Waals surface area contributed by atoms with Crippen molar-refractivity contribution in [3.8, 4) is 11.3 Å². The van der Waals surface area contributed by atoms with E-state index in [9.17, 15) is 14.3 Å². The molecule has 3 aromatic rings. The topological polar surface area (TPSA) is 63.3 Å². The van der Waals surface area contributed by atoms with Crippen LogP contribution >= 0.6 is 0 Å². The molecule has 0 aliphatic carbocycles. The summed E-state index contributed by atoms with van der Waals surface area (Å²) < 4.78 is 18.2. The number of fused-ring (bicyclic) bond motifs is 1. The molecule has 0 unspecified atom stereocenters. The Morgan fingerprint density at radius 1 is 1.26 bits per heavy atom. The number of hydrogen-bond acceptors (Lipinski definition) is 3. The highest BCUT2D eigenvalue weighted by molar-refractivity contribution is 6.03. The summed E-state index contributed by atoms with van der Waals surface area (Å²) in [5, 5.41) is 9.50. The van der Waals surface area contributed by atoms with Gasteiger partial charge in [-0.15, -0.1) is 0 Å². The molecule has 2 aromatic heterocycles. The summed E-state index contributed by atoms with van der Waals surface area (Å²) in [6.07, 6.45) is 2.95. The van der Waals surface area contributed by atoms with Gasteiger partial charge in [-0.3, -0.25) is 0 Å². The van der Waals surface area contributed by atoms with Crippen LogP contribution in [-0.4, -0.2) is 16.1 Å². The molecule has 2 heterocycles. The number of benzene rings is 1. The van der Waals surface area contributed by atoms with Crippen molar-refractivity contribution >= 4 is 16.9 Å². The lowest BCUT2D eigenvalue weighted by molar-refractivity contribution is 0.0699. The first kappa shape index (κ1) is 11.4. The third-order valence-corrected chi connectivity index (χ3v) is 2.82. The quantitative estimate of drug-likeness (QED) is 0.764. The molecular formula is C14H8FNO3. The van der Waals surface area contributed by atoms with Gasteiger partial charge in [-0.05, 0) is 30.3 Å². The van der Waals surface area contributed by atoms with Crippen LogP contribution in [0.2, 0.25) is 0 Å². The molecular weight excluding hydrogens is 249 g/mol. The van der Waals surface area contributed by atoms with E-state index in [1.54, 1.807) is 6.07 Å². The van der Waals surface area contributed by atoms with Crippen LogP contribution in [0, 0.1) is 5.82 Å². The predicted octanol–water partition coefficient (Wildman–Crippen LogP) is 3.33. The molecule has 0 aliphatic heterocycles. The lowest BCUT2D eigenvalue weighted by atomic mass is 10.1. The number of rotatable bonds is 2. The molecule has 0 bridgehead atoms. The number of carbonyl (C=O) groups is 1. The summed E-state index contributed by atoms with van der Waals surface area (Å²) in [4.78, 5) is 15.6. The van der Waals surface area contributed by atoms with Crippen LogP contribution in [0.4, 0.5) is 4.39 Å². The Morgan fingerprint density at radius 2 is 2.11 bits per heavy atom. The van der Waals surface area contributed by atoms with Crippen molar-refractivity contribution in [1.82, 2.24) is 4.98 Å². The highest BCUT2D eigenvalue weighted by Gasteiger charge is 2.14. The number of furan rings is 1. The van der Waals surface area contributed by atoms with Gasteiger partial charge in [0.25, 0.3) is 0 Å². The SMILES string of the molecule is O=C(O)c1cc(-c2ccoc2)nc2ccc(F)cc12. The molecule has 0 spiro atoms. The third kappa shape index (κ3) is 1.95. The molecule has 19 heavy (non-hydrogen) atoms. The second-order valence-corrected chi connectivity index (χ2v) is 4.03. The van der Waals surface area contributed by atoms with E-state index >= 15 is 0 Å². The van der Waals surface area contributed by atoms with E-state index in [1.807, 2.05) is 0 Å². The number of aromatic carboxylic acids is 1. The Labute approximate surface area is 107 Å². The van der Waals surface area contributed by atoms with Gasteiger partial charge < -0.3 is 9.52 Å². The fraction of sp³-hybridized carbons (Fsp3) is 0. The van der Waals surface area contributed by atoms with Gasteiger partial charge in [-0.2, -0.15) is 0 Å². The van der Waals surface area contributed by atoms with E-state index in [0.29, 0.717) is 16.8 Å². The van der Waals surface area contributed by atoms with Crippen LogP contribution in [0.5, 0.6) is 0 Å². The minimum Gasteiger partial charge on any atom is -0.478 e. The molecule has 1 aromatic carbocycles. The number of nitrogens with zero attached hydrogens (tertiary/aromatic N) is 1. The van der Waals surface area contributed by atoms with E-state index in [2.05, 4.69) is 4.98 Å². The van der Waals surface area contributed by atoms with Gasteiger partial charge in [-0.1, -0.05) is 0 Å². The lowest BCUT2D eigenvalue weighted by Gasteiger charge is -2.05. The number of carboxylic acid groups (broad SMARTS) is 1. The van der Waals surface area contributed by atoms with Crippen molar-refractivity contribution in [2.75, 3.05) is 0 Å². The highest BCUT2D eigenvalue weighted by atomic mass is 19.1. The molecule has 5 heteroatoms. The molecule has 0 radical (unpaired) electrons. The van der Waals surface area contributed by atoms with Gasteiger partial charge >= 0.3 is 5.97 Å². The summed E-state index contributed by atoms with van der Waals surface area (Å²) >= 11 is 0. The third-order valence-electron chi connectivity index (χ3n) is 2.82. The molecule has 0 atom stereocenters. The zero-order valence-corrected chi connectivity index (χ0v) is 9.63. The highest BCUT2D eigenvalue weighted by Crippen LogP contribution is 2.25. The maximum atomic E-state index is 13.2. The first-order valence-electron chi connectivity index (χ1n) is 5.51. The number of pyridine rings is 1. The molecule has 94 valence electrons. The Kier molecular flexibility index (Phi) is 2.52. The summed E-state index contributed by atoms with van der Waals surface area (Å²) in [6.45, 7) is 0. The molecule has 0 fully saturated rings. The van der Waals surface area contributed by atoms with Gasteiger partial charge in [0, 0.05) is 10.9 Å². The molecule has 4 nitrogen and oxygen atoms in total. The predicted molar refractivity (Wildman–Crippen MR) is 66.4 cm³/mol. The number of hydrogen-bond donors (Lipinski definition) is 1. The molecule has 0 saturated heterocycles. The molecule has 0 saturated carbocycles. The Balaban J connectivity index is 2.34. The van der Waals surface area contributed by atoms with Crippen molar-refractivity contribution < 1.29 is 18.7 Å². The first-order valence-corrected chi connectivity index (χ1v) is 5.51. The summed E-state index contributed by atoms with van der Waals surface area (Å²) in [5.41, 5.74) is 1.59. The monoisotopic (exact) mass is 257 g/mol. The standard InChI is InChI=1S/C14H8FNO3/c15-9-1-2-12-10(5-9)11(14(17)18)6-13(16-12)8-3-4-19-7-8/h1-7H,(H,17,18). The number of aromatic nitrogens is 1. The van der Waals surface area contributed by atoms with Gasteiger partial charge in [-0.25, -0.2) is 14.2 Å². The van der Waals surface area contributed by atoms with Crippen LogP contribution in [0.1, 0.15) is 10.4 Å². The van der Waals surface area contributed by atoms with Crippen molar-refractivity contribution in [2.24, 2.45) is 0 Å². The van der Waals surface area contributed by atoms with Crippen LogP contribution in [0.15, 0.2) is 47.3 Å². The maximum absolute atomic E-state index is 13.2. The van der Waals surface area contributed by atoms with E-state index < -0.39 is 11.8 Å². The summed E-state index contributed by atoms with van der Waals surface area (Å²) in [5.74, 6) is -1.62. The fourth-order valence-corrected chi connectivity index (χ4v) is 1.93. The second kappa shape index (κ2) is 4.20. The second-order valence-electron chi connectivity index (χ2n) is 4.03. The van der Waals surface area contributed by atoms with Crippen molar-refractivity contribution in [2.45, 2.75) is 0 Å². The zero-order chi connectivity index (χ0) is 13.4.